The fourth-order valence-corrected chi connectivity index (χ4v) is 3.76. The molecule has 2 heterocycles. The van der Waals surface area contributed by atoms with Crippen LogP contribution in [0.3, 0.4) is 0 Å². The molecular formula is C14H21N3O3. The lowest BCUT2D eigenvalue weighted by molar-refractivity contribution is -0.186. The first-order valence-electron chi connectivity index (χ1n) is 7.58. The van der Waals surface area contributed by atoms with E-state index in [2.05, 4.69) is 4.99 Å². The van der Waals surface area contributed by atoms with Crippen molar-refractivity contribution in [2.75, 3.05) is 19.8 Å². The third kappa shape index (κ3) is 1.78. The van der Waals surface area contributed by atoms with Gasteiger partial charge in [-0.15, -0.1) is 0 Å². The largest absolute Gasteiger partial charge is 0.385 e. The van der Waals surface area contributed by atoms with Crippen molar-refractivity contribution in [2.24, 2.45) is 16.6 Å². The minimum atomic E-state index is -0.428. The van der Waals surface area contributed by atoms with Gasteiger partial charge >= 0.3 is 6.03 Å². The number of urea groups is 1. The maximum atomic E-state index is 12.1. The number of carbonyl (C=O) groups excluding carboxylic acids is 1. The average molecular weight is 279 g/mol. The summed E-state index contributed by atoms with van der Waals surface area (Å²) in [5.41, 5.74) is 5.74. The van der Waals surface area contributed by atoms with Crippen molar-refractivity contribution in [3.8, 4) is 0 Å². The van der Waals surface area contributed by atoms with Gasteiger partial charge in [0.2, 0.25) is 0 Å². The molecule has 0 unspecified atom stereocenters. The molecule has 1 saturated heterocycles. The monoisotopic (exact) mass is 279 g/mol. The first kappa shape index (κ1) is 12.6. The highest BCUT2D eigenvalue weighted by molar-refractivity contribution is 6.05. The molecule has 4 rings (SSSR count). The third-order valence-corrected chi connectivity index (χ3v) is 5.23. The second-order valence-corrected chi connectivity index (χ2v) is 6.47. The Balaban J connectivity index is 1.55. The molecule has 0 aromatic carbocycles. The molecule has 0 bridgehead atoms. The van der Waals surface area contributed by atoms with E-state index >= 15 is 0 Å². The Bertz CT molecular complexity index is 456. The van der Waals surface area contributed by atoms with Crippen LogP contribution in [0.5, 0.6) is 0 Å². The zero-order valence-corrected chi connectivity index (χ0v) is 11.6. The molecule has 4 aliphatic rings. The maximum Gasteiger partial charge on any atom is 0.346 e. The fraction of sp³-hybridized carbons (Fsp3) is 0.857. The summed E-state index contributed by atoms with van der Waals surface area (Å²) in [6, 6.07) is -0.154. The van der Waals surface area contributed by atoms with Crippen LogP contribution in [-0.4, -0.2) is 47.9 Å². The Hall–Kier alpha value is -1.14. The van der Waals surface area contributed by atoms with Crippen LogP contribution in [0.2, 0.25) is 0 Å². The second-order valence-electron chi connectivity index (χ2n) is 6.47. The van der Waals surface area contributed by atoms with Crippen molar-refractivity contribution >= 4 is 11.9 Å². The van der Waals surface area contributed by atoms with E-state index in [1.165, 1.54) is 12.8 Å². The van der Waals surface area contributed by atoms with E-state index in [9.17, 15) is 4.79 Å². The van der Waals surface area contributed by atoms with Gasteiger partial charge in [0, 0.05) is 19.4 Å². The molecule has 3 fully saturated rings. The van der Waals surface area contributed by atoms with Crippen molar-refractivity contribution in [3.05, 3.63) is 0 Å². The number of amides is 2. The van der Waals surface area contributed by atoms with Gasteiger partial charge < -0.3 is 20.1 Å². The fourth-order valence-electron chi connectivity index (χ4n) is 3.76. The molecule has 2 amide bonds. The first-order chi connectivity index (χ1) is 9.64. The molecular weight excluding hydrogens is 258 g/mol. The van der Waals surface area contributed by atoms with E-state index < -0.39 is 5.79 Å². The lowest BCUT2D eigenvalue weighted by atomic mass is 9.77. The highest BCUT2D eigenvalue weighted by Gasteiger charge is 2.55. The van der Waals surface area contributed by atoms with Gasteiger partial charge in [-0.3, -0.25) is 0 Å². The zero-order chi connectivity index (χ0) is 13.8. The molecule has 6 heteroatoms. The van der Waals surface area contributed by atoms with E-state index in [0.29, 0.717) is 25.0 Å². The maximum absolute atomic E-state index is 12.1. The standard InChI is InChI=1S/C14H21N3O3/c15-11-13(17(12(18)16-11)9-10-1-2-10)3-5-14(6-4-13)19-7-8-20-14/h10H,1-9H2,(H2,15,16,18). The van der Waals surface area contributed by atoms with Crippen molar-refractivity contribution in [3.63, 3.8) is 0 Å². The summed E-state index contributed by atoms with van der Waals surface area (Å²) in [4.78, 5) is 18.1. The molecule has 2 saturated carbocycles. The van der Waals surface area contributed by atoms with Crippen LogP contribution < -0.4 is 5.73 Å². The number of nitrogens with two attached hydrogens (primary N) is 1. The van der Waals surface area contributed by atoms with Crippen LogP contribution >= 0.6 is 0 Å². The van der Waals surface area contributed by atoms with Gasteiger partial charge in [-0.05, 0) is 31.6 Å². The van der Waals surface area contributed by atoms with Gasteiger partial charge in [-0.2, -0.15) is 4.99 Å². The van der Waals surface area contributed by atoms with Crippen LogP contribution in [0.15, 0.2) is 4.99 Å². The number of aliphatic imine (C=N–C) groups is 1. The lowest BCUT2D eigenvalue weighted by Crippen LogP contribution is -2.59. The second kappa shape index (κ2) is 4.18. The number of rotatable bonds is 2. The van der Waals surface area contributed by atoms with Crippen LogP contribution in [0.25, 0.3) is 0 Å². The Labute approximate surface area is 118 Å². The smallest absolute Gasteiger partial charge is 0.346 e. The molecule has 2 spiro atoms. The number of carbonyl (C=O) groups is 1. The molecule has 0 aromatic heterocycles. The lowest BCUT2D eigenvalue weighted by Gasteiger charge is -2.45. The van der Waals surface area contributed by atoms with Gasteiger partial charge in [-0.1, -0.05) is 0 Å². The molecule has 0 atom stereocenters. The van der Waals surface area contributed by atoms with Crippen molar-refractivity contribution in [1.82, 2.24) is 4.90 Å². The number of ether oxygens (including phenoxy) is 2. The van der Waals surface area contributed by atoms with Crippen LogP contribution in [0, 0.1) is 5.92 Å². The van der Waals surface area contributed by atoms with Crippen LogP contribution in [-0.2, 0) is 9.47 Å². The number of amidine groups is 1. The summed E-state index contributed by atoms with van der Waals surface area (Å²) < 4.78 is 11.5. The van der Waals surface area contributed by atoms with E-state index in [0.717, 1.165) is 32.2 Å². The van der Waals surface area contributed by atoms with E-state index in [4.69, 9.17) is 15.2 Å². The number of hydrogen-bond acceptors (Lipinski definition) is 4. The molecule has 2 N–H and O–H groups in total. The summed E-state index contributed by atoms with van der Waals surface area (Å²) in [7, 11) is 0. The molecule has 6 nitrogen and oxygen atoms in total. The zero-order valence-electron chi connectivity index (χ0n) is 11.6. The van der Waals surface area contributed by atoms with Crippen LogP contribution in [0.1, 0.15) is 38.5 Å². The predicted octanol–water partition coefficient (Wildman–Crippen LogP) is 1.25. The quantitative estimate of drug-likeness (QED) is 0.825. The summed E-state index contributed by atoms with van der Waals surface area (Å²) in [6.45, 7) is 2.14. The molecule has 0 radical (unpaired) electrons. The summed E-state index contributed by atoms with van der Waals surface area (Å²) in [5, 5.41) is 0. The first-order valence-corrected chi connectivity index (χ1v) is 7.58. The van der Waals surface area contributed by atoms with Crippen molar-refractivity contribution in [1.29, 1.82) is 0 Å². The minimum Gasteiger partial charge on any atom is -0.385 e. The minimum absolute atomic E-state index is 0.154. The topological polar surface area (TPSA) is 77.2 Å². The summed E-state index contributed by atoms with van der Waals surface area (Å²) >= 11 is 0. The van der Waals surface area contributed by atoms with Gasteiger partial charge in [-0.25, -0.2) is 4.79 Å². The van der Waals surface area contributed by atoms with Crippen LogP contribution in [0.4, 0.5) is 4.79 Å². The van der Waals surface area contributed by atoms with Gasteiger partial charge in [0.1, 0.15) is 11.4 Å². The highest BCUT2D eigenvalue weighted by atomic mass is 16.7. The molecule has 2 aliphatic carbocycles. The number of hydrogen-bond donors (Lipinski definition) is 1. The normalized spacial score (nSPS) is 31.3. The summed E-state index contributed by atoms with van der Waals surface area (Å²) in [6.07, 6.45) is 5.60. The molecule has 110 valence electrons. The van der Waals surface area contributed by atoms with Gasteiger partial charge in [0.15, 0.2) is 5.79 Å². The van der Waals surface area contributed by atoms with Crippen molar-refractivity contribution < 1.29 is 14.3 Å². The van der Waals surface area contributed by atoms with E-state index in [1.54, 1.807) is 0 Å². The van der Waals surface area contributed by atoms with E-state index in [1.807, 2.05) is 4.90 Å². The molecule has 2 aliphatic heterocycles. The third-order valence-electron chi connectivity index (χ3n) is 5.23. The Morgan fingerprint density at radius 2 is 1.85 bits per heavy atom. The SMILES string of the molecule is NC1=NC(=O)N(CC2CC2)C12CCC1(CC2)OCCO1. The van der Waals surface area contributed by atoms with Crippen molar-refractivity contribution in [2.45, 2.75) is 49.9 Å². The van der Waals surface area contributed by atoms with Gasteiger partial charge in [0.05, 0.1) is 13.2 Å². The van der Waals surface area contributed by atoms with Gasteiger partial charge in [0.25, 0.3) is 0 Å². The summed E-state index contributed by atoms with van der Waals surface area (Å²) in [5.74, 6) is 0.713. The Morgan fingerprint density at radius 3 is 2.45 bits per heavy atom. The predicted molar refractivity (Wildman–Crippen MR) is 72.3 cm³/mol. The molecule has 20 heavy (non-hydrogen) atoms. The highest BCUT2D eigenvalue weighted by Crippen LogP contribution is 2.46. The Kier molecular flexibility index (Phi) is 2.63. The number of nitrogens with zero attached hydrogens (tertiary/aromatic N) is 2. The average Bonchev–Trinajstić information content (AvgIpc) is 3.11. The van der Waals surface area contributed by atoms with E-state index in [-0.39, 0.29) is 11.6 Å². The Morgan fingerprint density at radius 1 is 1.20 bits per heavy atom. The molecule has 0 aromatic rings.